The van der Waals surface area contributed by atoms with E-state index in [9.17, 15) is 10.1 Å². The fraction of sp³-hybridized carbons (Fsp3) is 0.545. The van der Waals surface area contributed by atoms with E-state index in [1.807, 2.05) is 7.05 Å². The third-order valence-corrected chi connectivity index (χ3v) is 4.28. The molecule has 18 heavy (non-hydrogen) atoms. The smallest absolute Gasteiger partial charge is 0.291 e. The molecule has 2 heterocycles. The minimum absolute atomic E-state index is 0.0450. The van der Waals surface area contributed by atoms with E-state index in [0.29, 0.717) is 16.1 Å². The van der Waals surface area contributed by atoms with Crippen molar-refractivity contribution in [2.24, 2.45) is 0 Å². The van der Waals surface area contributed by atoms with E-state index in [4.69, 9.17) is 0 Å². The molecule has 0 spiro atoms. The summed E-state index contributed by atoms with van der Waals surface area (Å²) < 4.78 is 0.700. The largest absolute Gasteiger partial charge is 0.354 e. The van der Waals surface area contributed by atoms with E-state index in [2.05, 4.69) is 31.1 Å². The summed E-state index contributed by atoms with van der Waals surface area (Å²) in [5, 5.41) is 14.1. The van der Waals surface area contributed by atoms with E-state index >= 15 is 0 Å². The van der Waals surface area contributed by atoms with Crippen LogP contribution in [-0.4, -0.2) is 36.1 Å². The lowest BCUT2D eigenvalue weighted by atomic mass is 10.2. The number of anilines is 1. The zero-order valence-electron chi connectivity index (χ0n) is 10.3. The second-order valence-corrected chi connectivity index (χ2v) is 5.21. The van der Waals surface area contributed by atoms with E-state index in [-0.39, 0.29) is 5.69 Å². The number of aromatic nitrogens is 1. The summed E-state index contributed by atoms with van der Waals surface area (Å²) in [7, 11) is 1.97. The molecular formula is C11H15BrN4O2. The van der Waals surface area contributed by atoms with E-state index in [0.717, 1.165) is 25.3 Å². The molecule has 6 nitrogen and oxygen atoms in total. The van der Waals surface area contributed by atoms with Crippen molar-refractivity contribution in [3.63, 3.8) is 0 Å². The second-order valence-electron chi connectivity index (χ2n) is 4.42. The van der Waals surface area contributed by atoms with Crippen LogP contribution < -0.4 is 10.2 Å². The molecule has 1 aliphatic rings. The van der Waals surface area contributed by atoms with E-state index < -0.39 is 4.92 Å². The van der Waals surface area contributed by atoms with Gasteiger partial charge in [0.2, 0.25) is 0 Å². The summed E-state index contributed by atoms with van der Waals surface area (Å²) >= 11 is 3.42. The van der Waals surface area contributed by atoms with Crippen LogP contribution in [0.3, 0.4) is 0 Å². The third-order valence-electron chi connectivity index (χ3n) is 3.33. The van der Waals surface area contributed by atoms with Crippen molar-refractivity contribution in [2.45, 2.75) is 19.4 Å². The van der Waals surface area contributed by atoms with Gasteiger partial charge in [0, 0.05) is 25.2 Å². The van der Waals surface area contributed by atoms with E-state index in [1.165, 1.54) is 6.20 Å². The average molecular weight is 315 g/mol. The Morgan fingerprint density at radius 1 is 1.67 bits per heavy atom. The first-order valence-electron chi connectivity index (χ1n) is 5.75. The van der Waals surface area contributed by atoms with Crippen molar-refractivity contribution >= 4 is 27.4 Å². The van der Waals surface area contributed by atoms with E-state index in [1.54, 1.807) is 6.92 Å². The van der Waals surface area contributed by atoms with Gasteiger partial charge in [-0.05, 0) is 35.8 Å². The summed E-state index contributed by atoms with van der Waals surface area (Å²) in [6.07, 6.45) is 2.38. The van der Waals surface area contributed by atoms with Crippen LogP contribution in [0.25, 0.3) is 0 Å². The zero-order chi connectivity index (χ0) is 13.3. The lowest BCUT2D eigenvalue weighted by molar-refractivity contribution is -0.385. The van der Waals surface area contributed by atoms with Gasteiger partial charge in [0.1, 0.15) is 12.0 Å². The highest BCUT2D eigenvalue weighted by molar-refractivity contribution is 9.10. The number of nitrogens with one attached hydrogen (secondary N) is 1. The molecule has 0 radical (unpaired) electrons. The Kier molecular flexibility index (Phi) is 3.82. The first-order valence-corrected chi connectivity index (χ1v) is 6.54. The van der Waals surface area contributed by atoms with Crippen LogP contribution in [0.15, 0.2) is 10.7 Å². The highest BCUT2D eigenvalue weighted by atomic mass is 79.9. The van der Waals surface area contributed by atoms with Crippen LogP contribution >= 0.6 is 15.9 Å². The molecule has 0 aromatic carbocycles. The highest BCUT2D eigenvalue weighted by Gasteiger charge is 2.25. The van der Waals surface area contributed by atoms with Gasteiger partial charge in [-0.25, -0.2) is 4.98 Å². The summed E-state index contributed by atoms with van der Waals surface area (Å²) in [4.78, 5) is 16.7. The van der Waals surface area contributed by atoms with Gasteiger partial charge < -0.3 is 10.2 Å². The van der Waals surface area contributed by atoms with Crippen molar-refractivity contribution in [3.05, 3.63) is 26.3 Å². The molecule has 1 saturated heterocycles. The van der Waals surface area contributed by atoms with Crippen LogP contribution in [0.5, 0.6) is 0 Å². The molecule has 1 N–H and O–H groups in total. The molecule has 0 bridgehead atoms. The van der Waals surface area contributed by atoms with Crippen LogP contribution in [0.2, 0.25) is 0 Å². The van der Waals surface area contributed by atoms with Gasteiger partial charge in [0.05, 0.1) is 9.40 Å². The van der Waals surface area contributed by atoms with Crippen molar-refractivity contribution in [3.8, 4) is 0 Å². The summed E-state index contributed by atoms with van der Waals surface area (Å²) in [5.41, 5.74) is 0.659. The SMILES string of the molecule is Cc1c([N+](=O)[O-])cnc(N(C)C2CCNC2)c1Br. The molecular weight excluding hydrogens is 300 g/mol. The highest BCUT2D eigenvalue weighted by Crippen LogP contribution is 2.33. The third kappa shape index (κ3) is 2.32. The molecule has 1 aliphatic heterocycles. The quantitative estimate of drug-likeness (QED) is 0.681. The molecule has 1 unspecified atom stereocenters. The van der Waals surface area contributed by atoms with Crippen molar-refractivity contribution in [2.75, 3.05) is 25.0 Å². The molecule has 1 aromatic rings. The molecule has 0 amide bonds. The predicted octanol–water partition coefficient (Wildman–Crippen LogP) is 1.86. The standard InChI is InChI=1S/C11H15BrN4O2/c1-7-9(16(17)18)6-14-11(10(7)12)15(2)8-3-4-13-5-8/h6,8,13H,3-5H2,1-2H3. The Morgan fingerprint density at radius 3 is 2.94 bits per heavy atom. The molecule has 0 aliphatic carbocycles. The van der Waals surface area contributed by atoms with Crippen molar-refractivity contribution in [1.29, 1.82) is 0 Å². The predicted molar refractivity (Wildman–Crippen MR) is 73.0 cm³/mol. The molecule has 0 saturated carbocycles. The fourth-order valence-corrected chi connectivity index (χ4v) is 2.71. The lowest BCUT2D eigenvalue weighted by Gasteiger charge is -2.26. The topological polar surface area (TPSA) is 71.3 Å². The Bertz CT molecular complexity index is 474. The van der Waals surface area contributed by atoms with Gasteiger partial charge in [-0.15, -0.1) is 0 Å². The Labute approximate surface area is 114 Å². The number of likely N-dealkylation sites (N-methyl/N-ethyl adjacent to an activating group) is 1. The number of rotatable bonds is 3. The van der Waals surface area contributed by atoms with Gasteiger partial charge in [0.15, 0.2) is 0 Å². The number of nitro groups is 1. The Balaban J connectivity index is 2.34. The molecule has 1 aromatic heterocycles. The summed E-state index contributed by atoms with van der Waals surface area (Å²) in [6.45, 7) is 3.65. The lowest BCUT2D eigenvalue weighted by Crippen LogP contribution is -2.34. The average Bonchev–Trinajstić information content (AvgIpc) is 2.85. The first-order chi connectivity index (χ1) is 8.52. The molecule has 7 heteroatoms. The van der Waals surface area contributed by atoms with Crippen LogP contribution in [0, 0.1) is 17.0 Å². The normalized spacial score (nSPS) is 18.9. The summed E-state index contributed by atoms with van der Waals surface area (Å²) in [5.74, 6) is 0.756. The van der Waals surface area contributed by atoms with Crippen molar-refractivity contribution in [1.82, 2.24) is 10.3 Å². The molecule has 98 valence electrons. The second kappa shape index (κ2) is 5.19. The number of nitrogens with zero attached hydrogens (tertiary/aromatic N) is 3. The molecule has 2 rings (SSSR count). The van der Waals surface area contributed by atoms with Gasteiger partial charge in [-0.2, -0.15) is 0 Å². The number of halogens is 1. The monoisotopic (exact) mass is 314 g/mol. The van der Waals surface area contributed by atoms with Gasteiger partial charge >= 0.3 is 0 Å². The number of pyridine rings is 1. The number of hydrogen-bond donors (Lipinski definition) is 1. The fourth-order valence-electron chi connectivity index (χ4n) is 2.13. The molecule has 1 fully saturated rings. The van der Waals surface area contributed by atoms with Gasteiger partial charge in [0.25, 0.3) is 5.69 Å². The van der Waals surface area contributed by atoms with Crippen LogP contribution in [0.1, 0.15) is 12.0 Å². The number of hydrogen-bond acceptors (Lipinski definition) is 5. The minimum atomic E-state index is -0.409. The zero-order valence-corrected chi connectivity index (χ0v) is 11.9. The minimum Gasteiger partial charge on any atom is -0.354 e. The summed E-state index contributed by atoms with van der Waals surface area (Å²) in [6, 6.07) is 0.384. The maximum absolute atomic E-state index is 10.8. The molecule has 1 atom stereocenters. The maximum Gasteiger partial charge on any atom is 0.291 e. The van der Waals surface area contributed by atoms with Gasteiger partial charge in [-0.3, -0.25) is 10.1 Å². The Morgan fingerprint density at radius 2 is 2.39 bits per heavy atom. The van der Waals surface area contributed by atoms with Gasteiger partial charge in [-0.1, -0.05) is 0 Å². The Hall–Kier alpha value is -1.21. The van der Waals surface area contributed by atoms with Crippen molar-refractivity contribution < 1.29 is 4.92 Å². The van der Waals surface area contributed by atoms with Crippen LogP contribution in [0.4, 0.5) is 11.5 Å². The maximum atomic E-state index is 10.8. The van der Waals surface area contributed by atoms with Crippen LogP contribution in [-0.2, 0) is 0 Å². The first kappa shape index (κ1) is 13.2.